The minimum Gasteiger partial charge on any atom is -0.382 e. The second-order valence-corrected chi connectivity index (χ2v) is 6.86. The Kier molecular flexibility index (Phi) is 3.93. The highest BCUT2D eigenvalue weighted by atomic mass is 32.1. The maximum Gasteiger partial charge on any atom is 0.180 e. The molecule has 5 nitrogen and oxygen atoms in total. The molecule has 0 aliphatic carbocycles. The van der Waals surface area contributed by atoms with Crippen LogP contribution in [0.15, 0.2) is 29.8 Å². The van der Waals surface area contributed by atoms with Crippen LogP contribution < -0.4 is 11.1 Å². The van der Waals surface area contributed by atoms with E-state index in [2.05, 4.69) is 20.7 Å². The summed E-state index contributed by atoms with van der Waals surface area (Å²) in [6.45, 7) is 2.23. The summed E-state index contributed by atoms with van der Waals surface area (Å²) in [7, 11) is 0. The van der Waals surface area contributed by atoms with Crippen molar-refractivity contribution >= 4 is 27.4 Å². The van der Waals surface area contributed by atoms with Gasteiger partial charge >= 0.3 is 0 Å². The second-order valence-electron chi connectivity index (χ2n) is 5.98. The molecule has 0 amide bonds. The quantitative estimate of drug-likeness (QED) is 0.774. The fourth-order valence-electron chi connectivity index (χ4n) is 3.14. The topological polar surface area (TPSA) is 76.7 Å². The first-order valence-electron chi connectivity index (χ1n) is 7.97. The Hall–Kier alpha value is -2.05. The van der Waals surface area contributed by atoms with Gasteiger partial charge in [-0.1, -0.05) is 6.07 Å². The van der Waals surface area contributed by atoms with E-state index in [0.29, 0.717) is 11.6 Å². The lowest BCUT2D eigenvalue weighted by Crippen LogP contribution is -2.28. The van der Waals surface area contributed by atoms with Crippen molar-refractivity contribution < 1.29 is 0 Å². The van der Waals surface area contributed by atoms with E-state index in [4.69, 9.17) is 10.7 Å². The summed E-state index contributed by atoms with van der Waals surface area (Å²) >= 11 is 1.65. The molecule has 0 saturated carbocycles. The zero-order valence-corrected chi connectivity index (χ0v) is 13.6. The Labute approximate surface area is 139 Å². The van der Waals surface area contributed by atoms with Gasteiger partial charge in [0.05, 0.1) is 10.2 Å². The Morgan fingerprint density at radius 2 is 2.09 bits per heavy atom. The predicted molar refractivity (Wildman–Crippen MR) is 94.4 cm³/mol. The third kappa shape index (κ3) is 2.92. The Morgan fingerprint density at radius 1 is 1.22 bits per heavy atom. The molecule has 3 aromatic rings. The smallest absolute Gasteiger partial charge is 0.180 e. The summed E-state index contributed by atoms with van der Waals surface area (Å²) in [6, 6.07) is 5.74. The van der Waals surface area contributed by atoms with Crippen molar-refractivity contribution in [2.24, 2.45) is 5.92 Å². The fraction of sp³-hybridized carbons (Fsp3) is 0.353. The standard InChI is InChI=1S/C17H19N5S/c18-16-15-14(21-17(22-16)13-3-1-2-6-20-13)12(10-23-15)9-11-4-7-19-8-5-11/h1-3,6,10-11,19H,4-5,7-9H2,(H2,18,21,22). The molecule has 3 N–H and O–H groups in total. The number of nitrogens with one attached hydrogen (secondary N) is 1. The summed E-state index contributed by atoms with van der Waals surface area (Å²) in [5, 5.41) is 5.61. The number of nitrogens with two attached hydrogens (primary N) is 1. The number of aromatic nitrogens is 3. The lowest BCUT2D eigenvalue weighted by Gasteiger charge is -2.22. The third-order valence-electron chi connectivity index (χ3n) is 4.38. The molecule has 6 heteroatoms. The van der Waals surface area contributed by atoms with Gasteiger partial charge in [-0.05, 0) is 61.3 Å². The number of thiophene rings is 1. The number of hydrogen-bond donors (Lipinski definition) is 2. The molecule has 0 spiro atoms. The minimum absolute atomic E-state index is 0.553. The minimum atomic E-state index is 0.553. The van der Waals surface area contributed by atoms with Gasteiger partial charge in [0.1, 0.15) is 11.5 Å². The first-order valence-corrected chi connectivity index (χ1v) is 8.85. The average molecular weight is 325 g/mol. The summed E-state index contributed by atoms with van der Waals surface area (Å²) in [4.78, 5) is 13.6. The fourth-order valence-corrected chi connectivity index (χ4v) is 4.06. The van der Waals surface area contributed by atoms with Crippen LogP contribution in [0.1, 0.15) is 18.4 Å². The number of anilines is 1. The normalized spacial score (nSPS) is 16.0. The molecule has 0 atom stereocenters. The summed E-state index contributed by atoms with van der Waals surface area (Å²) in [6.07, 6.45) is 5.28. The lowest BCUT2D eigenvalue weighted by atomic mass is 9.92. The molecule has 1 aliphatic rings. The highest BCUT2D eigenvalue weighted by molar-refractivity contribution is 7.17. The molecular formula is C17H19N5S. The lowest BCUT2D eigenvalue weighted by molar-refractivity contribution is 0.373. The Balaban J connectivity index is 1.73. The van der Waals surface area contributed by atoms with Crippen molar-refractivity contribution in [2.75, 3.05) is 18.8 Å². The van der Waals surface area contributed by atoms with Crippen LogP contribution in [0.3, 0.4) is 0 Å². The summed E-state index contributed by atoms with van der Waals surface area (Å²) in [5.74, 6) is 1.89. The van der Waals surface area contributed by atoms with Crippen molar-refractivity contribution in [1.82, 2.24) is 20.3 Å². The highest BCUT2D eigenvalue weighted by Crippen LogP contribution is 2.32. The number of fused-ring (bicyclic) bond motifs is 1. The molecule has 1 saturated heterocycles. The Morgan fingerprint density at radius 3 is 2.87 bits per heavy atom. The highest BCUT2D eigenvalue weighted by Gasteiger charge is 2.18. The van der Waals surface area contributed by atoms with E-state index in [1.165, 1.54) is 18.4 Å². The average Bonchev–Trinajstić information content (AvgIpc) is 3.00. The number of nitrogens with zero attached hydrogens (tertiary/aromatic N) is 3. The second kappa shape index (κ2) is 6.22. The van der Waals surface area contributed by atoms with Crippen molar-refractivity contribution in [3.8, 4) is 11.5 Å². The van der Waals surface area contributed by atoms with Crippen LogP contribution in [0.2, 0.25) is 0 Å². The molecule has 1 fully saturated rings. The van der Waals surface area contributed by atoms with Gasteiger partial charge in [0, 0.05) is 6.20 Å². The van der Waals surface area contributed by atoms with Crippen LogP contribution in [-0.2, 0) is 6.42 Å². The van der Waals surface area contributed by atoms with E-state index in [1.807, 2.05) is 18.2 Å². The van der Waals surface area contributed by atoms with Crippen molar-refractivity contribution in [1.29, 1.82) is 0 Å². The molecule has 23 heavy (non-hydrogen) atoms. The van der Waals surface area contributed by atoms with Gasteiger partial charge in [-0.25, -0.2) is 9.97 Å². The van der Waals surface area contributed by atoms with Crippen LogP contribution in [0.4, 0.5) is 5.82 Å². The van der Waals surface area contributed by atoms with E-state index < -0.39 is 0 Å². The molecule has 0 aromatic carbocycles. The molecule has 1 aliphatic heterocycles. The molecular weight excluding hydrogens is 306 g/mol. The monoisotopic (exact) mass is 325 g/mol. The number of rotatable bonds is 3. The largest absolute Gasteiger partial charge is 0.382 e. The number of pyridine rings is 1. The van der Waals surface area contributed by atoms with E-state index in [1.54, 1.807) is 17.5 Å². The SMILES string of the molecule is Nc1nc(-c2ccccn2)nc2c(CC3CCNCC3)csc12. The molecule has 4 rings (SSSR count). The maximum absolute atomic E-state index is 6.16. The summed E-state index contributed by atoms with van der Waals surface area (Å²) < 4.78 is 0.994. The Bertz CT molecular complexity index is 808. The van der Waals surface area contributed by atoms with Gasteiger partial charge in [-0.2, -0.15) is 0 Å². The van der Waals surface area contributed by atoms with Gasteiger partial charge in [0.15, 0.2) is 5.82 Å². The van der Waals surface area contributed by atoms with Gasteiger partial charge in [0.2, 0.25) is 0 Å². The van der Waals surface area contributed by atoms with Gasteiger partial charge < -0.3 is 11.1 Å². The molecule has 118 valence electrons. The van der Waals surface area contributed by atoms with Crippen LogP contribution in [0.25, 0.3) is 21.7 Å². The molecule has 4 heterocycles. The molecule has 0 radical (unpaired) electrons. The maximum atomic E-state index is 6.16. The van der Waals surface area contributed by atoms with Gasteiger partial charge in [0.25, 0.3) is 0 Å². The third-order valence-corrected chi connectivity index (χ3v) is 5.42. The van der Waals surface area contributed by atoms with E-state index in [0.717, 1.165) is 41.3 Å². The summed E-state index contributed by atoms with van der Waals surface area (Å²) in [5.41, 5.74) is 9.22. The predicted octanol–water partition coefficient (Wildman–Crippen LogP) is 2.88. The number of nitrogen functional groups attached to an aromatic ring is 1. The zero-order chi connectivity index (χ0) is 15.6. The van der Waals surface area contributed by atoms with Crippen molar-refractivity contribution in [3.05, 3.63) is 35.3 Å². The molecule has 3 aromatic heterocycles. The first-order chi connectivity index (χ1) is 11.3. The number of hydrogen-bond acceptors (Lipinski definition) is 6. The van der Waals surface area contributed by atoms with Crippen molar-refractivity contribution in [2.45, 2.75) is 19.3 Å². The zero-order valence-electron chi connectivity index (χ0n) is 12.8. The van der Waals surface area contributed by atoms with Gasteiger partial charge in [-0.3, -0.25) is 4.98 Å². The van der Waals surface area contributed by atoms with Gasteiger partial charge in [-0.15, -0.1) is 11.3 Å². The number of piperidine rings is 1. The molecule has 0 unspecified atom stereocenters. The van der Waals surface area contributed by atoms with Crippen LogP contribution in [0.5, 0.6) is 0 Å². The van der Waals surface area contributed by atoms with Crippen LogP contribution in [-0.4, -0.2) is 28.0 Å². The van der Waals surface area contributed by atoms with Crippen molar-refractivity contribution in [3.63, 3.8) is 0 Å². The van der Waals surface area contributed by atoms with E-state index in [9.17, 15) is 0 Å². The molecule has 0 bridgehead atoms. The van der Waals surface area contributed by atoms with Crippen LogP contribution >= 0.6 is 11.3 Å². The first kappa shape index (κ1) is 14.5. The van der Waals surface area contributed by atoms with Crippen LogP contribution in [0, 0.1) is 5.92 Å². The van der Waals surface area contributed by atoms with E-state index >= 15 is 0 Å². The van der Waals surface area contributed by atoms with E-state index in [-0.39, 0.29) is 0 Å².